The Balaban J connectivity index is 1.39. The number of carboxylic acids is 1. The molecule has 0 radical (unpaired) electrons. The van der Waals surface area contributed by atoms with Crippen molar-refractivity contribution in [3.63, 3.8) is 0 Å². The summed E-state index contributed by atoms with van der Waals surface area (Å²) in [6.07, 6.45) is -1.87. The van der Waals surface area contributed by atoms with Crippen molar-refractivity contribution in [1.29, 1.82) is 0 Å². The van der Waals surface area contributed by atoms with Crippen LogP contribution in [0.25, 0.3) is 0 Å². The molecule has 15 nitrogen and oxygen atoms in total. The summed E-state index contributed by atoms with van der Waals surface area (Å²) in [6, 6.07) is -1.35. The molecule has 0 bridgehead atoms. The molecule has 5 rings (SSSR count). The van der Waals surface area contributed by atoms with Crippen molar-refractivity contribution in [3.8, 4) is 0 Å². The van der Waals surface area contributed by atoms with Crippen LogP contribution in [-0.2, 0) is 38.3 Å². The first-order valence-corrected chi connectivity index (χ1v) is 15.1. The van der Waals surface area contributed by atoms with Crippen LogP contribution in [0.1, 0.15) is 25.0 Å². The van der Waals surface area contributed by atoms with E-state index in [-0.39, 0.29) is 33.6 Å². The Morgan fingerprint density at radius 2 is 1.98 bits per heavy atom. The second-order valence-electron chi connectivity index (χ2n) is 10.2. The average Bonchev–Trinajstić information content (AvgIpc) is 3.60. The van der Waals surface area contributed by atoms with Gasteiger partial charge in [0.2, 0.25) is 12.5 Å². The number of hydrogen-bond donors (Lipinski definition) is 3. The van der Waals surface area contributed by atoms with Crippen molar-refractivity contribution < 1.29 is 56.6 Å². The normalized spacial score (nSPS) is 22.7. The molecule has 0 aromatic carbocycles. The molecular formula is C25H23F3N6O9S2. The first kappa shape index (κ1) is 31.9. The molecule has 1 aliphatic carbocycles. The minimum absolute atomic E-state index is 0.00626. The fourth-order valence-electron chi connectivity index (χ4n) is 4.69. The Hall–Kier alpha value is -4.46. The van der Waals surface area contributed by atoms with E-state index in [2.05, 4.69) is 25.0 Å². The average molecular weight is 673 g/mol. The van der Waals surface area contributed by atoms with Crippen molar-refractivity contribution in [1.82, 2.24) is 20.1 Å². The number of nitrogens with two attached hydrogens (primary N) is 1. The number of anilines is 1. The summed E-state index contributed by atoms with van der Waals surface area (Å²) in [5.41, 5.74) is 4.59. The van der Waals surface area contributed by atoms with Gasteiger partial charge >= 0.3 is 24.1 Å². The van der Waals surface area contributed by atoms with Gasteiger partial charge in [0.15, 0.2) is 10.8 Å². The maximum Gasteiger partial charge on any atom is 0.491 e. The molecule has 1 aromatic rings. The number of thiazole rings is 1. The lowest BCUT2D eigenvalue weighted by molar-refractivity contribution is -0.201. The topological polar surface area (TPSA) is 211 Å². The monoisotopic (exact) mass is 672 g/mol. The second kappa shape index (κ2) is 12.5. The number of alkyl halides is 3. The lowest BCUT2D eigenvalue weighted by Crippen LogP contribution is -2.71. The number of thioether (sulfide) groups is 1. The Bertz CT molecular complexity index is 1570. The van der Waals surface area contributed by atoms with Crippen molar-refractivity contribution in [2.75, 3.05) is 31.2 Å². The molecular weight excluding hydrogens is 649 g/mol. The number of β-lactam (4-membered cyclic amide) rings is 1. The lowest BCUT2D eigenvalue weighted by atomic mass is 10.0. The third-order valence-electron chi connectivity index (χ3n) is 6.96. The molecule has 2 atom stereocenters. The fraction of sp³-hybridized carbons (Fsp3) is 0.440. The highest BCUT2D eigenvalue weighted by Crippen LogP contribution is 2.42. The predicted molar refractivity (Wildman–Crippen MR) is 148 cm³/mol. The number of carbonyl (C=O) groups is 6. The van der Waals surface area contributed by atoms with Gasteiger partial charge in [0.1, 0.15) is 22.8 Å². The summed E-state index contributed by atoms with van der Waals surface area (Å²) in [6.45, 7) is 0.0716. The van der Waals surface area contributed by atoms with Crippen LogP contribution in [0.5, 0.6) is 0 Å². The summed E-state index contributed by atoms with van der Waals surface area (Å²) >= 11 is 1.96. The highest BCUT2D eigenvalue weighted by atomic mass is 32.2. The molecule has 4 N–H and O–H groups in total. The summed E-state index contributed by atoms with van der Waals surface area (Å²) in [7, 11) is 0. The lowest BCUT2D eigenvalue weighted by Gasteiger charge is -2.49. The third kappa shape index (κ3) is 6.95. The standard InChI is InChI=1S/C25H23F3N6O9S2/c26-25(27,28)23(41)43-22(40)17-12(5-11-3-4-33(19(11)38)6-10-1-2-10)8-44-21-16(20(39)34(17)21)31-18(37)15(32-42-7-14(35)36)13-9-45-24(29)30-13/h5,9-10,16,21H,1-4,6-8H2,(H2,29,30)(H,31,37)(H,35,36)/b11-5?,32-15-/t16-,21-/m1/s1. The largest absolute Gasteiger partial charge is 0.491 e. The Morgan fingerprint density at radius 3 is 2.60 bits per heavy atom. The number of carbonyl (C=O) groups excluding carboxylic acids is 5. The number of likely N-dealkylation sites (tertiary alicyclic amines) is 1. The van der Waals surface area contributed by atoms with Gasteiger partial charge in [-0.25, -0.2) is 19.4 Å². The van der Waals surface area contributed by atoms with E-state index in [1.165, 1.54) is 11.5 Å². The maximum atomic E-state index is 13.3. The number of oxime groups is 1. The first-order chi connectivity index (χ1) is 21.2. The van der Waals surface area contributed by atoms with Crippen LogP contribution in [-0.4, -0.2) is 104 Å². The van der Waals surface area contributed by atoms with Crippen molar-refractivity contribution >= 4 is 69.6 Å². The molecule has 20 heteroatoms. The Kier molecular flexibility index (Phi) is 8.88. The fourth-order valence-corrected chi connectivity index (χ4v) is 6.55. The van der Waals surface area contributed by atoms with E-state index in [0.29, 0.717) is 25.4 Å². The van der Waals surface area contributed by atoms with Gasteiger partial charge in [0, 0.05) is 29.8 Å². The number of nitrogen functional groups attached to an aromatic ring is 1. The molecule has 4 aliphatic rings. The number of aromatic nitrogens is 1. The molecule has 1 saturated carbocycles. The zero-order valence-electron chi connectivity index (χ0n) is 22.9. The van der Waals surface area contributed by atoms with Gasteiger partial charge in [-0.2, -0.15) is 13.2 Å². The number of aliphatic carboxylic acids is 1. The zero-order valence-corrected chi connectivity index (χ0v) is 24.5. The first-order valence-electron chi connectivity index (χ1n) is 13.2. The minimum Gasteiger partial charge on any atom is -0.479 e. The molecule has 45 heavy (non-hydrogen) atoms. The number of esters is 2. The van der Waals surface area contributed by atoms with Crippen LogP contribution in [0, 0.1) is 5.92 Å². The van der Waals surface area contributed by atoms with Crippen molar-refractivity contribution in [2.24, 2.45) is 11.1 Å². The number of carboxylic acid groups (broad SMARTS) is 1. The number of hydrogen-bond acceptors (Lipinski definition) is 13. The van der Waals surface area contributed by atoms with Crippen LogP contribution in [0.15, 0.2) is 33.5 Å². The highest BCUT2D eigenvalue weighted by Gasteiger charge is 2.55. The SMILES string of the molecule is Nc1nc(/C(=N/OCC(=O)O)C(=O)N[C@@H]2C(=O)N3C(C(=O)OC(=O)C(F)(F)F)=C(C=C4CCN(CC5CC5)C4=O)CS[C@H]23)cs1. The Labute approximate surface area is 259 Å². The molecule has 0 unspecified atom stereocenters. The van der Waals surface area contributed by atoms with Gasteiger partial charge in [-0.3, -0.25) is 19.3 Å². The quantitative estimate of drug-likeness (QED) is 0.0770. The van der Waals surface area contributed by atoms with Crippen LogP contribution < -0.4 is 11.1 Å². The third-order valence-corrected chi connectivity index (χ3v) is 8.93. The Morgan fingerprint density at radius 1 is 1.24 bits per heavy atom. The van der Waals surface area contributed by atoms with E-state index >= 15 is 0 Å². The van der Waals surface area contributed by atoms with Crippen LogP contribution >= 0.6 is 23.1 Å². The van der Waals surface area contributed by atoms with E-state index in [1.807, 2.05) is 0 Å². The maximum absolute atomic E-state index is 13.3. The highest BCUT2D eigenvalue weighted by molar-refractivity contribution is 8.00. The van der Waals surface area contributed by atoms with Crippen LogP contribution in [0.2, 0.25) is 0 Å². The van der Waals surface area contributed by atoms with Gasteiger partial charge in [-0.1, -0.05) is 5.16 Å². The number of halogens is 3. The van der Waals surface area contributed by atoms with E-state index in [4.69, 9.17) is 10.8 Å². The van der Waals surface area contributed by atoms with Gasteiger partial charge in [0.05, 0.1) is 0 Å². The molecule has 3 aliphatic heterocycles. The van der Waals surface area contributed by atoms with Gasteiger partial charge in [-0.15, -0.1) is 23.1 Å². The number of amides is 3. The van der Waals surface area contributed by atoms with Gasteiger partial charge in [-0.05, 0) is 36.8 Å². The minimum atomic E-state index is -5.50. The number of nitrogens with one attached hydrogen (secondary N) is 1. The summed E-state index contributed by atoms with van der Waals surface area (Å²) in [4.78, 5) is 85.6. The molecule has 1 aromatic heterocycles. The van der Waals surface area contributed by atoms with E-state index in [9.17, 15) is 41.9 Å². The number of rotatable bonds is 10. The molecule has 240 valence electrons. The zero-order chi connectivity index (χ0) is 32.6. The van der Waals surface area contributed by atoms with E-state index < -0.39 is 65.3 Å². The van der Waals surface area contributed by atoms with E-state index in [1.54, 1.807) is 4.90 Å². The number of ether oxygens (including phenoxy) is 1. The summed E-state index contributed by atoms with van der Waals surface area (Å²) in [5, 5.41) is 15.0. The van der Waals surface area contributed by atoms with Gasteiger partial charge in [0.25, 0.3) is 11.8 Å². The van der Waals surface area contributed by atoms with Gasteiger partial charge < -0.3 is 30.6 Å². The number of nitrogens with zero attached hydrogens (tertiary/aromatic N) is 4. The number of allylic oxidation sites excluding steroid dienone is 1. The second-order valence-corrected chi connectivity index (χ2v) is 12.2. The van der Waals surface area contributed by atoms with Crippen LogP contribution in [0.3, 0.4) is 0 Å². The molecule has 4 heterocycles. The summed E-state index contributed by atoms with van der Waals surface area (Å²) < 4.78 is 42.8. The van der Waals surface area contributed by atoms with Crippen molar-refractivity contribution in [2.45, 2.75) is 36.9 Å². The molecule has 3 fully saturated rings. The molecule has 2 saturated heterocycles. The number of fused-ring (bicyclic) bond motifs is 1. The predicted octanol–water partition coefficient (Wildman–Crippen LogP) is 0.385. The van der Waals surface area contributed by atoms with E-state index in [0.717, 1.165) is 40.8 Å². The van der Waals surface area contributed by atoms with Crippen molar-refractivity contribution in [3.05, 3.63) is 34.0 Å². The molecule has 3 amide bonds. The smallest absolute Gasteiger partial charge is 0.479 e. The van der Waals surface area contributed by atoms with Crippen LogP contribution in [0.4, 0.5) is 18.3 Å². The summed E-state index contributed by atoms with van der Waals surface area (Å²) in [5.74, 6) is -7.92. The molecule has 0 spiro atoms.